The van der Waals surface area contributed by atoms with E-state index in [0.29, 0.717) is 74.1 Å². The Morgan fingerprint density at radius 2 is 1.78 bits per heavy atom. The molecule has 2 saturated heterocycles. The van der Waals surface area contributed by atoms with Crippen molar-refractivity contribution in [1.82, 2.24) is 33.6 Å². The lowest BCUT2D eigenvalue weighted by molar-refractivity contribution is -0.133. The first-order valence-electron chi connectivity index (χ1n) is 19.1. The molecule has 0 saturated carbocycles. The SMILES string of the molecule is CCN(C)S(=O)(=O)Nc1ccc(F)c(Oc2ccc3ncn(-c4cnc(N5CCN(C(=O)CN6CC[C@@H](c7ccc(N)cc7F)[C@H](OC)C6)CC5)nc4)c(=O)c3c2)c1C#N. The molecule has 2 atom stereocenters. The van der Waals surface area contributed by atoms with E-state index >= 15 is 4.39 Å². The Bertz CT molecular complexity index is 2620. The van der Waals surface area contributed by atoms with Crippen LogP contribution in [0.25, 0.3) is 16.6 Å². The molecule has 0 unspecified atom stereocenters. The van der Waals surface area contributed by atoms with Crippen LogP contribution in [0.4, 0.5) is 26.1 Å². The number of piperazine rings is 1. The van der Waals surface area contributed by atoms with Crippen LogP contribution in [0.15, 0.2) is 72.0 Å². The third-order valence-electron chi connectivity index (χ3n) is 10.8. The lowest BCUT2D eigenvalue weighted by Gasteiger charge is -2.39. The number of nitrogens with two attached hydrogens (primary N) is 1. The van der Waals surface area contributed by atoms with E-state index < -0.39 is 27.3 Å². The number of fused-ring (bicyclic) bond motifs is 1. The van der Waals surface area contributed by atoms with Gasteiger partial charge in [0.15, 0.2) is 11.6 Å². The number of piperidine rings is 1. The fourth-order valence-corrected chi connectivity index (χ4v) is 8.26. The summed E-state index contributed by atoms with van der Waals surface area (Å²) in [6, 6.07) is 12.9. The highest BCUT2D eigenvalue weighted by Gasteiger charge is 2.34. The zero-order valence-electron chi connectivity index (χ0n) is 33.1. The van der Waals surface area contributed by atoms with Crippen LogP contribution in [-0.4, -0.2) is 121 Å². The maximum absolute atomic E-state index is 15.1. The van der Waals surface area contributed by atoms with E-state index in [1.54, 1.807) is 37.1 Å². The number of nitriles is 1. The Morgan fingerprint density at radius 3 is 2.47 bits per heavy atom. The molecule has 17 nitrogen and oxygen atoms in total. The molecule has 3 N–H and O–H groups in total. The molecule has 0 radical (unpaired) electrons. The molecule has 0 bridgehead atoms. The lowest BCUT2D eigenvalue weighted by Crippen LogP contribution is -2.53. The number of nitrogen functional groups attached to an aromatic ring is 1. The average Bonchev–Trinajstić information content (AvgIpc) is 3.25. The summed E-state index contributed by atoms with van der Waals surface area (Å²) in [5.74, 6) is -1.54. The summed E-state index contributed by atoms with van der Waals surface area (Å²) in [5.41, 5.74) is 6.23. The summed E-state index contributed by atoms with van der Waals surface area (Å²) >= 11 is 0. The lowest BCUT2D eigenvalue weighted by atomic mass is 9.86. The van der Waals surface area contributed by atoms with E-state index in [1.807, 2.05) is 9.80 Å². The van der Waals surface area contributed by atoms with Crippen molar-refractivity contribution in [2.45, 2.75) is 25.4 Å². The van der Waals surface area contributed by atoms with Crippen molar-refractivity contribution in [3.63, 3.8) is 0 Å². The number of nitrogens with one attached hydrogen (secondary N) is 1. The molecule has 20 heteroatoms. The van der Waals surface area contributed by atoms with Crippen LogP contribution >= 0.6 is 0 Å². The van der Waals surface area contributed by atoms with Crippen LogP contribution in [-0.2, 0) is 19.7 Å². The van der Waals surface area contributed by atoms with Crippen LogP contribution in [0.1, 0.15) is 30.4 Å². The predicted molar refractivity (Wildman–Crippen MR) is 219 cm³/mol. The van der Waals surface area contributed by atoms with Gasteiger partial charge in [-0.1, -0.05) is 13.0 Å². The molecule has 0 spiro atoms. The van der Waals surface area contributed by atoms with Crippen molar-refractivity contribution >= 4 is 44.3 Å². The largest absolute Gasteiger partial charge is 0.453 e. The van der Waals surface area contributed by atoms with Gasteiger partial charge in [-0.2, -0.15) is 18.0 Å². The molecule has 3 aromatic carbocycles. The van der Waals surface area contributed by atoms with Gasteiger partial charge in [0.2, 0.25) is 11.9 Å². The highest BCUT2D eigenvalue weighted by atomic mass is 32.2. The predicted octanol–water partition coefficient (Wildman–Crippen LogP) is 3.46. The molecular formula is C40H43F2N11O6S. The summed E-state index contributed by atoms with van der Waals surface area (Å²) in [5, 5.41) is 9.98. The summed E-state index contributed by atoms with van der Waals surface area (Å²) in [7, 11) is -1.09. The van der Waals surface area contributed by atoms with Gasteiger partial charge in [-0.3, -0.25) is 23.8 Å². The van der Waals surface area contributed by atoms with E-state index in [2.05, 4.69) is 19.7 Å². The zero-order valence-corrected chi connectivity index (χ0v) is 33.9. The molecule has 2 aromatic heterocycles. The van der Waals surface area contributed by atoms with Crippen molar-refractivity contribution < 1.29 is 31.5 Å². The Hall–Kier alpha value is -6.27. The number of nitrogens with zero attached hydrogens (tertiary/aromatic N) is 9. The molecular weight excluding hydrogens is 801 g/mol. The third-order valence-corrected chi connectivity index (χ3v) is 12.4. The molecule has 4 heterocycles. The molecule has 2 aliphatic rings. The van der Waals surface area contributed by atoms with Crippen LogP contribution in [0.2, 0.25) is 0 Å². The monoisotopic (exact) mass is 843 g/mol. The molecule has 7 rings (SSSR count). The first-order valence-corrected chi connectivity index (χ1v) is 20.5. The zero-order chi connectivity index (χ0) is 42.7. The van der Waals surface area contributed by atoms with Gasteiger partial charge in [0.05, 0.1) is 47.3 Å². The minimum Gasteiger partial charge on any atom is -0.453 e. The molecule has 2 aliphatic heterocycles. The topological polar surface area (TPSA) is 205 Å². The van der Waals surface area contributed by atoms with Crippen molar-refractivity contribution in [3.8, 4) is 23.3 Å². The smallest absolute Gasteiger partial charge is 0.301 e. The van der Waals surface area contributed by atoms with Gasteiger partial charge in [-0.05, 0) is 61.0 Å². The highest BCUT2D eigenvalue weighted by molar-refractivity contribution is 7.90. The number of amides is 1. The Labute approximate surface area is 344 Å². The number of hydrogen-bond acceptors (Lipinski definition) is 13. The Balaban J connectivity index is 0.986. The molecule has 5 aromatic rings. The highest BCUT2D eigenvalue weighted by Crippen LogP contribution is 2.35. The number of hydrogen-bond donors (Lipinski definition) is 2. The maximum Gasteiger partial charge on any atom is 0.301 e. The average molecular weight is 844 g/mol. The van der Waals surface area contributed by atoms with Crippen molar-refractivity contribution in [3.05, 3.63) is 100 Å². The Morgan fingerprint density at radius 1 is 1.03 bits per heavy atom. The number of methoxy groups -OCH3 is 1. The number of carbonyl (C=O) groups is 1. The number of benzene rings is 3. The third kappa shape index (κ3) is 8.70. The van der Waals surface area contributed by atoms with Crippen LogP contribution < -0.4 is 25.7 Å². The number of aromatic nitrogens is 4. The van der Waals surface area contributed by atoms with Crippen LogP contribution in [0, 0.1) is 23.0 Å². The number of likely N-dealkylation sites (tertiary alicyclic amines) is 1. The van der Waals surface area contributed by atoms with Gasteiger partial charge < -0.3 is 25.0 Å². The molecule has 1 amide bonds. The van der Waals surface area contributed by atoms with Gasteiger partial charge in [-0.25, -0.2) is 23.7 Å². The molecule has 2 fully saturated rings. The summed E-state index contributed by atoms with van der Waals surface area (Å²) in [4.78, 5) is 46.2. The normalized spacial score (nSPS) is 17.5. The van der Waals surface area contributed by atoms with Crippen molar-refractivity contribution in [1.29, 1.82) is 5.26 Å². The second-order valence-electron chi connectivity index (χ2n) is 14.4. The quantitative estimate of drug-likeness (QED) is 0.173. The fourth-order valence-electron chi connectivity index (χ4n) is 7.32. The minimum atomic E-state index is -4.04. The second kappa shape index (κ2) is 17.5. The van der Waals surface area contributed by atoms with Gasteiger partial charge in [0.25, 0.3) is 5.56 Å². The number of rotatable bonds is 12. The first kappa shape index (κ1) is 41.9. The van der Waals surface area contributed by atoms with Crippen LogP contribution in [0.5, 0.6) is 11.5 Å². The maximum atomic E-state index is 15.1. The van der Waals surface area contributed by atoms with Crippen molar-refractivity contribution in [2.75, 3.05) is 81.9 Å². The first-order chi connectivity index (χ1) is 28.8. The number of anilines is 3. The summed E-state index contributed by atoms with van der Waals surface area (Å²) in [6.45, 7) is 5.00. The standard InChI is InChI=1S/C40H43F2N11O6S/c1-4-49(2)60(56,57)48-35-10-8-32(41)38(31(35)19-43)59-27-6-9-34-30(18-27)39(55)53(24-47-34)26-20-45-40(46-21-26)52-15-13-51(14-16-52)37(54)23-50-12-11-29(36(22-50)58-3)28-7-5-25(44)17-33(28)42/h5-10,17-18,20-21,24,29,36,48H,4,11-16,22-23,44H2,1-3H3/t29-,36+/m0/s1. The molecule has 0 aliphatic carbocycles. The minimum absolute atomic E-state index is 0.000702. The van der Waals surface area contributed by atoms with Crippen LogP contribution in [0.3, 0.4) is 0 Å². The van der Waals surface area contributed by atoms with E-state index in [-0.39, 0.29) is 59.2 Å². The molecule has 314 valence electrons. The van der Waals surface area contributed by atoms with Gasteiger partial charge in [0.1, 0.15) is 29.5 Å². The number of carbonyl (C=O) groups excluding carboxylic acids is 1. The second-order valence-corrected chi connectivity index (χ2v) is 16.2. The summed E-state index contributed by atoms with van der Waals surface area (Å²) < 4.78 is 71.1. The van der Waals surface area contributed by atoms with Gasteiger partial charge in [-0.15, -0.1) is 0 Å². The van der Waals surface area contributed by atoms with E-state index in [4.69, 9.17) is 15.2 Å². The fraction of sp³-hybridized carbons (Fsp3) is 0.350. The van der Waals surface area contributed by atoms with E-state index in [1.165, 1.54) is 54.6 Å². The number of halogens is 2. The molecule has 60 heavy (non-hydrogen) atoms. The van der Waals surface area contributed by atoms with E-state index in [9.17, 15) is 27.7 Å². The number of ether oxygens (including phenoxy) is 2. The summed E-state index contributed by atoms with van der Waals surface area (Å²) in [6.07, 6.45) is 4.66. The van der Waals surface area contributed by atoms with Crippen molar-refractivity contribution in [2.24, 2.45) is 0 Å². The Kier molecular flexibility index (Phi) is 12.2. The van der Waals surface area contributed by atoms with Gasteiger partial charge in [0, 0.05) is 65.0 Å². The van der Waals surface area contributed by atoms with Gasteiger partial charge >= 0.3 is 10.2 Å². The van der Waals surface area contributed by atoms with E-state index in [0.717, 1.165) is 16.4 Å².